The van der Waals surface area contributed by atoms with Gasteiger partial charge in [0.2, 0.25) is 0 Å². The summed E-state index contributed by atoms with van der Waals surface area (Å²) in [5.74, 6) is -0.324. The predicted molar refractivity (Wildman–Crippen MR) is 56.7 cm³/mol. The molecule has 82 valence electrons. The van der Waals surface area contributed by atoms with Crippen molar-refractivity contribution in [2.45, 2.75) is 37.3 Å². The molecule has 15 heavy (non-hydrogen) atoms. The normalized spacial score (nSPS) is 31.5. The molecule has 0 unspecified atom stereocenters. The van der Waals surface area contributed by atoms with E-state index in [1.165, 1.54) is 6.07 Å². The first-order chi connectivity index (χ1) is 7.12. The fourth-order valence-corrected chi connectivity index (χ4v) is 2.23. The summed E-state index contributed by atoms with van der Waals surface area (Å²) >= 11 is 0. The summed E-state index contributed by atoms with van der Waals surface area (Å²) in [7, 11) is 0. The number of aliphatic hydroxyl groups is 1. The number of rotatable bonds is 1. The molecule has 2 nitrogen and oxygen atoms in total. The highest BCUT2D eigenvalue weighted by atomic mass is 19.1. The van der Waals surface area contributed by atoms with E-state index in [2.05, 4.69) is 0 Å². The van der Waals surface area contributed by atoms with Crippen LogP contribution in [0.1, 0.15) is 31.2 Å². The molecule has 0 radical (unpaired) electrons. The molecule has 0 atom stereocenters. The van der Waals surface area contributed by atoms with Gasteiger partial charge in [-0.15, -0.1) is 0 Å². The van der Waals surface area contributed by atoms with Crippen molar-refractivity contribution in [3.63, 3.8) is 0 Å². The second-order valence-electron chi connectivity index (χ2n) is 4.35. The van der Waals surface area contributed by atoms with E-state index in [4.69, 9.17) is 5.73 Å². The zero-order chi connectivity index (χ0) is 10.9. The van der Waals surface area contributed by atoms with Crippen molar-refractivity contribution in [1.82, 2.24) is 0 Å². The highest BCUT2D eigenvalue weighted by molar-refractivity contribution is 5.24. The molecule has 1 fully saturated rings. The number of hydrogen-bond acceptors (Lipinski definition) is 2. The smallest absolute Gasteiger partial charge is 0.129 e. The van der Waals surface area contributed by atoms with Gasteiger partial charge in [0, 0.05) is 11.6 Å². The number of hydrogen-bond donors (Lipinski definition) is 2. The zero-order valence-corrected chi connectivity index (χ0v) is 8.62. The third-order valence-electron chi connectivity index (χ3n) is 3.23. The van der Waals surface area contributed by atoms with Gasteiger partial charge in [-0.25, -0.2) is 4.39 Å². The highest BCUT2D eigenvalue weighted by Gasteiger charge is 2.35. The standard InChI is InChI=1S/C12H16FNO/c13-11-4-2-1-3-10(11)12(15)7-5-9(14)6-8-12/h1-4,9,15H,5-8,14H2. The van der Waals surface area contributed by atoms with Crippen molar-refractivity contribution in [1.29, 1.82) is 0 Å². The van der Waals surface area contributed by atoms with Crippen LogP contribution in [0, 0.1) is 5.82 Å². The molecule has 0 aliphatic heterocycles. The Bertz CT molecular complexity index is 345. The molecule has 0 amide bonds. The maximum atomic E-state index is 13.5. The van der Waals surface area contributed by atoms with Gasteiger partial charge < -0.3 is 10.8 Å². The molecule has 0 spiro atoms. The van der Waals surface area contributed by atoms with Crippen LogP contribution in [0.3, 0.4) is 0 Å². The van der Waals surface area contributed by atoms with E-state index in [1.54, 1.807) is 18.2 Å². The zero-order valence-electron chi connectivity index (χ0n) is 8.62. The van der Waals surface area contributed by atoms with Crippen molar-refractivity contribution in [3.8, 4) is 0 Å². The Labute approximate surface area is 88.9 Å². The molecule has 0 saturated heterocycles. The van der Waals surface area contributed by atoms with Gasteiger partial charge >= 0.3 is 0 Å². The van der Waals surface area contributed by atoms with Gasteiger partial charge in [-0.05, 0) is 31.7 Å². The van der Waals surface area contributed by atoms with Gasteiger partial charge in [0.25, 0.3) is 0 Å². The average molecular weight is 209 g/mol. The van der Waals surface area contributed by atoms with Gasteiger partial charge in [0.05, 0.1) is 5.60 Å². The van der Waals surface area contributed by atoms with Crippen molar-refractivity contribution in [3.05, 3.63) is 35.6 Å². The van der Waals surface area contributed by atoms with Crippen molar-refractivity contribution < 1.29 is 9.50 Å². The van der Waals surface area contributed by atoms with Crippen molar-refractivity contribution in [2.75, 3.05) is 0 Å². The molecular weight excluding hydrogens is 193 g/mol. The summed E-state index contributed by atoms with van der Waals surface area (Å²) in [5.41, 5.74) is 5.17. The van der Waals surface area contributed by atoms with Crippen LogP contribution in [0.25, 0.3) is 0 Å². The number of nitrogens with two attached hydrogens (primary N) is 1. The molecule has 0 aromatic heterocycles. The second-order valence-corrected chi connectivity index (χ2v) is 4.35. The lowest BCUT2D eigenvalue weighted by Crippen LogP contribution is -2.37. The first-order valence-electron chi connectivity index (χ1n) is 5.35. The topological polar surface area (TPSA) is 46.2 Å². The van der Waals surface area contributed by atoms with Crippen LogP contribution in [0.15, 0.2) is 24.3 Å². The first kappa shape index (κ1) is 10.6. The maximum absolute atomic E-state index is 13.5. The van der Waals surface area contributed by atoms with Crippen LogP contribution in [-0.4, -0.2) is 11.1 Å². The maximum Gasteiger partial charge on any atom is 0.129 e. The Balaban J connectivity index is 2.26. The summed E-state index contributed by atoms with van der Waals surface area (Å²) in [4.78, 5) is 0. The van der Waals surface area contributed by atoms with Crippen LogP contribution in [0.2, 0.25) is 0 Å². The van der Waals surface area contributed by atoms with Gasteiger partial charge in [0.15, 0.2) is 0 Å². The molecular formula is C12H16FNO. The lowest BCUT2D eigenvalue weighted by molar-refractivity contribution is -0.00798. The molecule has 0 bridgehead atoms. The average Bonchev–Trinajstić information content (AvgIpc) is 2.23. The van der Waals surface area contributed by atoms with Crippen molar-refractivity contribution >= 4 is 0 Å². The summed E-state index contributed by atoms with van der Waals surface area (Å²) in [6.45, 7) is 0. The minimum absolute atomic E-state index is 0.150. The summed E-state index contributed by atoms with van der Waals surface area (Å²) in [5, 5.41) is 10.3. The lowest BCUT2D eigenvalue weighted by Gasteiger charge is -2.35. The van der Waals surface area contributed by atoms with Crippen LogP contribution < -0.4 is 5.73 Å². The van der Waals surface area contributed by atoms with Crippen molar-refractivity contribution in [2.24, 2.45) is 5.73 Å². The van der Waals surface area contributed by atoms with Gasteiger partial charge in [0.1, 0.15) is 5.82 Å². The number of benzene rings is 1. The molecule has 0 heterocycles. The minimum Gasteiger partial charge on any atom is -0.385 e. The molecule has 1 aromatic rings. The van der Waals surface area contributed by atoms with Crippen LogP contribution >= 0.6 is 0 Å². The van der Waals surface area contributed by atoms with Gasteiger partial charge in [-0.1, -0.05) is 18.2 Å². The Morgan fingerprint density at radius 3 is 2.47 bits per heavy atom. The predicted octanol–water partition coefficient (Wildman–Crippen LogP) is 1.91. The van der Waals surface area contributed by atoms with E-state index >= 15 is 0 Å². The van der Waals surface area contributed by atoms with Crippen LogP contribution in [0.4, 0.5) is 4.39 Å². The van der Waals surface area contributed by atoms with E-state index in [0.717, 1.165) is 12.8 Å². The van der Waals surface area contributed by atoms with E-state index in [1.807, 2.05) is 0 Å². The Hall–Kier alpha value is -0.930. The molecule has 1 aliphatic rings. The molecule has 2 rings (SSSR count). The summed E-state index contributed by atoms with van der Waals surface area (Å²) in [6.07, 6.45) is 2.61. The van der Waals surface area contributed by atoms with Gasteiger partial charge in [-0.2, -0.15) is 0 Å². The largest absolute Gasteiger partial charge is 0.385 e. The molecule has 3 heteroatoms. The Morgan fingerprint density at radius 2 is 1.87 bits per heavy atom. The fourth-order valence-electron chi connectivity index (χ4n) is 2.23. The Morgan fingerprint density at radius 1 is 1.27 bits per heavy atom. The monoisotopic (exact) mass is 209 g/mol. The molecule has 1 aliphatic carbocycles. The van der Waals surface area contributed by atoms with Crippen LogP contribution in [-0.2, 0) is 5.60 Å². The fraction of sp³-hybridized carbons (Fsp3) is 0.500. The van der Waals surface area contributed by atoms with Gasteiger partial charge in [-0.3, -0.25) is 0 Å². The minimum atomic E-state index is -1.01. The summed E-state index contributed by atoms with van der Waals surface area (Å²) < 4.78 is 13.5. The highest BCUT2D eigenvalue weighted by Crippen LogP contribution is 2.37. The SMILES string of the molecule is NC1CCC(O)(c2ccccc2F)CC1. The van der Waals surface area contributed by atoms with Crippen LogP contribution in [0.5, 0.6) is 0 Å². The van der Waals surface area contributed by atoms with E-state index in [9.17, 15) is 9.50 Å². The lowest BCUT2D eigenvalue weighted by atomic mass is 9.78. The third-order valence-corrected chi connectivity index (χ3v) is 3.23. The number of halogens is 1. The second kappa shape index (κ2) is 3.91. The molecule has 1 saturated carbocycles. The quantitative estimate of drug-likeness (QED) is 0.742. The Kier molecular flexibility index (Phi) is 2.76. The molecule has 1 aromatic carbocycles. The first-order valence-corrected chi connectivity index (χ1v) is 5.35. The van der Waals surface area contributed by atoms with E-state index in [0.29, 0.717) is 18.4 Å². The third kappa shape index (κ3) is 2.03. The van der Waals surface area contributed by atoms with E-state index < -0.39 is 5.60 Å². The molecule has 3 N–H and O–H groups in total. The summed E-state index contributed by atoms with van der Waals surface area (Å²) in [6, 6.07) is 6.59. The van der Waals surface area contributed by atoms with E-state index in [-0.39, 0.29) is 11.9 Å².